The van der Waals surface area contributed by atoms with E-state index in [1.807, 2.05) is 0 Å². The molecule has 2 amide bonds. The molecule has 1 aromatic carbocycles. The van der Waals surface area contributed by atoms with Gasteiger partial charge in [0, 0.05) is 19.7 Å². The average Bonchev–Trinajstić information content (AvgIpc) is 2.95. The number of rotatable bonds is 2. The highest BCUT2D eigenvalue weighted by atomic mass is 16.3. The topological polar surface area (TPSA) is 60.9 Å². The largest absolute Gasteiger partial charge is 0.396 e. The van der Waals surface area contributed by atoms with Gasteiger partial charge in [0.25, 0.3) is 11.8 Å². The second-order valence-electron chi connectivity index (χ2n) is 4.72. The number of fused-ring (bicyclic) bond motifs is 1. The predicted octanol–water partition coefficient (Wildman–Crippen LogP) is 0.512. The fourth-order valence-corrected chi connectivity index (χ4v) is 2.58. The number of hydrazine groups is 1. The zero-order chi connectivity index (χ0) is 12.7. The fourth-order valence-electron chi connectivity index (χ4n) is 2.58. The van der Waals surface area contributed by atoms with Crippen LogP contribution in [-0.2, 0) is 0 Å². The van der Waals surface area contributed by atoms with Crippen LogP contribution in [-0.4, -0.2) is 46.6 Å². The van der Waals surface area contributed by atoms with Gasteiger partial charge < -0.3 is 5.11 Å². The Labute approximate surface area is 105 Å². The molecule has 18 heavy (non-hydrogen) atoms. The van der Waals surface area contributed by atoms with Gasteiger partial charge in [-0.3, -0.25) is 9.59 Å². The molecule has 94 valence electrons. The molecule has 0 bridgehead atoms. The van der Waals surface area contributed by atoms with Gasteiger partial charge in [0.1, 0.15) is 0 Å². The van der Waals surface area contributed by atoms with Crippen LogP contribution >= 0.6 is 0 Å². The maximum absolute atomic E-state index is 12.2. The third kappa shape index (κ3) is 1.55. The van der Waals surface area contributed by atoms with Crippen molar-refractivity contribution < 1.29 is 14.7 Å². The molecule has 2 aliphatic heterocycles. The number of amides is 2. The van der Waals surface area contributed by atoms with Gasteiger partial charge in [-0.25, -0.2) is 10.0 Å². The number of hydrogen-bond donors (Lipinski definition) is 1. The minimum Gasteiger partial charge on any atom is -0.396 e. The second-order valence-corrected chi connectivity index (χ2v) is 4.72. The molecule has 2 aliphatic rings. The number of benzene rings is 1. The van der Waals surface area contributed by atoms with E-state index in [0.717, 1.165) is 6.42 Å². The summed E-state index contributed by atoms with van der Waals surface area (Å²) >= 11 is 0. The van der Waals surface area contributed by atoms with Crippen LogP contribution in [0.5, 0.6) is 0 Å². The maximum Gasteiger partial charge on any atom is 0.276 e. The summed E-state index contributed by atoms with van der Waals surface area (Å²) in [5, 5.41) is 12.1. The Kier molecular flexibility index (Phi) is 2.65. The standard InChI is InChI=1S/C13H14N2O3/c16-8-9-5-6-14(7-9)15-12(17)10-3-1-2-4-11(10)13(15)18/h1-4,9,16H,5-8H2/t9-/m0/s1. The van der Waals surface area contributed by atoms with Crippen LogP contribution in [0.3, 0.4) is 0 Å². The summed E-state index contributed by atoms with van der Waals surface area (Å²) in [6.07, 6.45) is 0.809. The minimum atomic E-state index is -0.255. The number of carbonyl (C=O) groups excluding carboxylic acids is 2. The highest BCUT2D eigenvalue weighted by molar-refractivity contribution is 6.20. The zero-order valence-corrected chi connectivity index (χ0v) is 9.87. The molecule has 1 fully saturated rings. The Bertz CT molecular complexity index is 480. The van der Waals surface area contributed by atoms with Gasteiger partial charge in [-0.1, -0.05) is 12.1 Å². The monoisotopic (exact) mass is 246 g/mol. The highest BCUT2D eigenvalue weighted by Gasteiger charge is 2.41. The number of aliphatic hydroxyl groups is 1. The van der Waals surface area contributed by atoms with Crippen LogP contribution in [0.4, 0.5) is 0 Å². The average molecular weight is 246 g/mol. The maximum atomic E-state index is 12.2. The molecule has 5 nitrogen and oxygen atoms in total. The van der Waals surface area contributed by atoms with Gasteiger partial charge in [0.2, 0.25) is 0 Å². The Morgan fingerprint density at radius 1 is 1.17 bits per heavy atom. The van der Waals surface area contributed by atoms with E-state index >= 15 is 0 Å². The van der Waals surface area contributed by atoms with Crippen molar-refractivity contribution in [2.24, 2.45) is 5.92 Å². The summed E-state index contributed by atoms with van der Waals surface area (Å²) < 4.78 is 0. The van der Waals surface area contributed by atoms with E-state index in [1.54, 1.807) is 29.3 Å². The first-order chi connectivity index (χ1) is 8.72. The molecule has 3 rings (SSSR count). The molecule has 0 aliphatic carbocycles. The highest BCUT2D eigenvalue weighted by Crippen LogP contribution is 2.27. The molecule has 5 heteroatoms. The van der Waals surface area contributed by atoms with Crippen molar-refractivity contribution in [1.82, 2.24) is 10.0 Å². The lowest BCUT2D eigenvalue weighted by Crippen LogP contribution is -2.45. The van der Waals surface area contributed by atoms with Gasteiger partial charge in [-0.05, 0) is 24.5 Å². The molecule has 0 aromatic heterocycles. The Morgan fingerprint density at radius 3 is 2.28 bits per heavy atom. The Morgan fingerprint density at radius 2 is 1.78 bits per heavy atom. The first kappa shape index (κ1) is 11.4. The fraction of sp³-hybridized carbons (Fsp3) is 0.385. The number of imide groups is 1. The molecule has 1 aromatic rings. The number of carbonyl (C=O) groups is 2. The van der Waals surface area contributed by atoms with Gasteiger partial charge in [-0.15, -0.1) is 0 Å². The molecule has 2 heterocycles. The molecule has 0 saturated carbocycles. The van der Waals surface area contributed by atoms with E-state index in [-0.39, 0.29) is 24.3 Å². The van der Waals surface area contributed by atoms with Crippen LogP contribution < -0.4 is 0 Å². The van der Waals surface area contributed by atoms with Crippen molar-refractivity contribution >= 4 is 11.8 Å². The van der Waals surface area contributed by atoms with Gasteiger partial charge in [0.15, 0.2) is 0 Å². The second kappa shape index (κ2) is 4.19. The van der Waals surface area contributed by atoms with E-state index in [9.17, 15) is 9.59 Å². The molecular weight excluding hydrogens is 232 g/mol. The minimum absolute atomic E-state index is 0.0969. The first-order valence-electron chi connectivity index (χ1n) is 6.06. The quantitative estimate of drug-likeness (QED) is 0.772. The van der Waals surface area contributed by atoms with Crippen molar-refractivity contribution in [2.45, 2.75) is 6.42 Å². The summed E-state index contributed by atoms with van der Waals surface area (Å²) in [5.74, 6) is -0.363. The normalized spacial score (nSPS) is 23.8. The lowest BCUT2D eigenvalue weighted by atomic mass is 10.1. The van der Waals surface area contributed by atoms with Crippen LogP contribution in [0, 0.1) is 5.92 Å². The van der Waals surface area contributed by atoms with Crippen LogP contribution in [0.2, 0.25) is 0 Å². The van der Waals surface area contributed by atoms with Crippen molar-refractivity contribution in [2.75, 3.05) is 19.7 Å². The lowest BCUT2D eigenvalue weighted by Gasteiger charge is -2.25. The van der Waals surface area contributed by atoms with Gasteiger partial charge in [0.05, 0.1) is 11.1 Å². The zero-order valence-electron chi connectivity index (χ0n) is 9.87. The van der Waals surface area contributed by atoms with Gasteiger partial charge in [-0.2, -0.15) is 0 Å². The summed E-state index contributed by atoms with van der Waals surface area (Å²) in [6, 6.07) is 6.87. The first-order valence-corrected chi connectivity index (χ1v) is 6.06. The molecule has 0 radical (unpaired) electrons. The number of aliphatic hydroxyl groups excluding tert-OH is 1. The van der Waals surface area contributed by atoms with E-state index in [1.165, 1.54) is 5.01 Å². The summed E-state index contributed by atoms with van der Waals surface area (Å²) in [7, 11) is 0. The van der Waals surface area contributed by atoms with E-state index in [4.69, 9.17) is 5.11 Å². The van der Waals surface area contributed by atoms with Crippen LogP contribution in [0.1, 0.15) is 27.1 Å². The van der Waals surface area contributed by atoms with Crippen molar-refractivity contribution in [3.63, 3.8) is 0 Å². The predicted molar refractivity (Wildman–Crippen MR) is 63.7 cm³/mol. The SMILES string of the molecule is O=C1c2ccccc2C(=O)N1N1CC[C@H](CO)C1. The smallest absolute Gasteiger partial charge is 0.276 e. The molecular formula is C13H14N2O3. The molecule has 1 saturated heterocycles. The summed E-state index contributed by atoms with van der Waals surface area (Å²) in [5.41, 5.74) is 0.935. The van der Waals surface area contributed by atoms with Crippen molar-refractivity contribution in [1.29, 1.82) is 0 Å². The van der Waals surface area contributed by atoms with Crippen LogP contribution in [0.15, 0.2) is 24.3 Å². The molecule has 0 unspecified atom stereocenters. The molecule has 1 atom stereocenters. The number of nitrogens with zero attached hydrogens (tertiary/aromatic N) is 2. The third-order valence-corrected chi connectivity index (χ3v) is 3.58. The molecule has 1 N–H and O–H groups in total. The van der Waals surface area contributed by atoms with Crippen LogP contribution in [0.25, 0.3) is 0 Å². The molecule has 0 spiro atoms. The van der Waals surface area contributed by atoms with Crippen molar-refractivity contribution in [3.8, 4) is 0 Å². The van der Waals surface area contributed by atoms with Gasteiger partial charge >= 0.3 is 0 Å². The Hall–Kier alpha value is -1.72. The summed E-state index contributed by atoms with van der Waals surface area (Å²) in [6.45, 7) is 1.29. The number of hydrogen-bond acceptors (Lipinski definition) is 4. The summed E-state index contributed by atoms with van der Waals surface area (Å²) in [4.78, 5) is 24.4. The van der Waals surface area contributed by atoms with Crippen molar-refractivity contribution in [3.05, 3.63) is 35.4 Å². The van der Waals surface area contributed by atoms with E-state index in [0.29, 0.717) is 24.2 Å². The van der Waals surface area contributed by atoms with E-state index in [2.05, 4.69) is 0 Å². The van der Waals surface area contributed by atoms with E-state index < -0.39 is 0 Å². The third-order valence-electron chi connectivity index (χ3n) is 3.58. The Balaban J connectivity index is 1.89. The lowest BCUT2D eigenvalue weighted by molar-refractivity contribution is 0.00962.